The van der Waals surface area contributed by atoms with Crippen molar-refractivity contribution < 1.29 is 4.79 Å². The van der Waals surface area contributed by atoms with E-state index in [0.29, 0.717) is 11.5 Å². The fraction of sp³-hybridized carbons (Fsp3) is 0.923. The molecule has 0 heterocycles. The van der Waals surface area contributed by atoms with Crippen LogP contribution in [0.5, 0.6) is 0 Å². The summed E-state index contributed by atoms with van der Waals surface area (Å²) in [6, 6.07) is 0.293. The van der Waals surface area contributed by atoms with Crippen molar-refractivity contribution in [2.45, 2.75) is 65.5 Å². The van der Waals surface area contributed by atoms with Gasteiger partial charge in [0.2, 0.25) is 5.91 Å². The molecule has 1 saturated carbocycles. The molecule has 0 spiro atoms. The molecule has 0 aromatic heterocycles. The van der Waals surface area contributed by atoms with Crippen LogP contribution >= 0.6 is 12.4 Å². The standard InChI is InChI=1S/C13H26N2O.ClH/c1-9(10(2)14)12(16)15-11-5-7-13(3,4)8-6-11;/h9-11H,5-8,14H2,1-4H3,(H,15,16);1H. The molecule has 2 atom stereocenters. The lowest BCUT2D eigenvalue weighted by molar-refractivity contribution is -0.126. The molecule has 4 heteroatoms. The Kier molecular flexibility index (Phi) is 6.49. The zero-order valence-electron chi connectivity index (χ0n) is 11.5. The predicted octanol–water partition coefficient (Wildman–Crippen LogP) is 2.48. The Labute approximate surface area is 111 Å². The minimum absolute atomic E-state index is 0. The van der Waals surface area contributed by atoms with Crippen molar-refractivity contribution in [3.63, 3.8) is 0 Å². The van der Waals surface area contributed by atoms with Gasteiger partial charge in [0.05, 0.1) is 0 Å². The number of hydrogen-bond donors (Lipinski definition) is 2. The number of amides is 1. The van der Waals surface area contributed by atoms with E-state index >= 15 is 0 Å². The van der Waals surface area contributed by atoms with Gasteiger partial charge < -0.3 is 11.1 Å². The zero-order valence-corrected chi connectivity index (χ0v) is 12.3. The zero-order chi connectivity index (χ0) is 12.3. The van der Waals surface area contributed by atoms with Crippen molar-refractivity contribution in [1.29, 1.82) is 0 Å². The molecule has 3 N–H and O–H groups in total. The van der Waals surface area contributed by atoms with Crippen molar-refractivity contribution in [3.05, 3.63) is 0 Å². The largest absolute Gasteiger partial charge is 0.353 e. The average molecular weight is 263 g/mol. The van der Waals surface area contributed by atoms with Crippen LogP contribution in [0.2, 0.25) is 0 Å². The van der Waals surface area contributed by atoms with Gasteiger partial charge >= 0.3 is 0 Å². The summed E-state index contributed by atoms with van der Waals surface area (Å²) in [7, 11) is 0. The summed E-state index contributed by atoms with van der Waals surface area (Å²) in [5.74, 6) is 0.0228. The van der Waals surface area contributed by atoms with Crippen molar-refractivity contribution >= 4 is 18.3 Å². The maximum absolute atomic E-state index is 11.8. The van der Waals surface area contributed by atoms with Crippen LogP contribution in [0.4, 0.5) is 0 Å². The molecule has 0 aromatic rings. The molecule has 1 aliphatic rings. The molecule has 1 fully saturated rings. The van der Waals surface area contributed by atoms with Gasteiger partial charge in [-0.15, -0.1) is 12.4 Å². The van der Waals surface area contributed by atoms with E-state index in [1.807, 2.05) is 13.8 Å². The third kappa shape index (κ3) is 5.26. The molecule has 0 radical (unpaired) electrons. The molecular weight excluding hydrogens is 236 g/mol. The number of nitrogens with one attached hydrogen (secondary N) is 1. The van der Waals surface area contributed by atoms with Crippen molar-refractivity contribution in [1.82, 2.24) is 5.32 Å². The van der Waals surface area contributed by atoms with Crippen molar-refractivity contribution in [2.75, 3.05) is 0 Å². The van der Waals surface area contributed by atoms with Gasteiger partial charge in [-0.2, -0.15) is 0 Å². The number of nitrogens with two attached hydrogens (primary N) is 1. The molecule has 1 rings (SSSR count). The average Bonchev–Trinajstić information content (AvgIpc) is 2.19. The van der Waals surface area contributed by atoms with Gasteiger partial charge in [0, 0.05) is 18.0 Å². The molecule has 17 heavy (non-hydrogen) atoms. The molecule has 3 nitrogen and oxygen atoms in total. The Hall–Kier alpha value is -0.280. The molecule has 0 bridgehead atoms. The molecule has 0 aromatic carbocycles. The normalized spacial score (nSPS) is 23.4. The minimum Gasteiger partial charge on any atom is -0.353 e. The van der Waals surface area contributed by atoms with E-state index < -0.39 is 0 Å². The van der Waals surface area contributed by atoms with Crippen LogP contribution in [0.1, 0.15) is 53.4 Å². The Balaban J connectivity index is 0.00000256. The summed E-state index contributed by atoms with van der Waals surface area (Å²) in [5.41, 5.74) is 6.18. The van der Waals surface area contributed by atoms with Gasteiger partial charge in [0.15, 0.2) is 0 Å². The molecule has 1 amide bonds. The Morgan fingerprint density at radius 3 is 2.18 bits per heavy atom. The van der Waals surface area contributed by atoms with E-state index in [1.165, 1.54) is 12.8 Å². The number of carbonyl (C=O) groups excluding carboxylic acids is 1. The Bertz CT molecular complexity index is 244. The van der Waals surface area contributed by atoms with Crippen LogP contribution in [0, 0.1) is 11.3 Å². The fourth-order valence-electron chi connectivity index (χ4n) is 2.12. The van der Waals surface area contributed by atoms with Gasteiger partial charge in [-0.05, 0) is 38.0 Å². The van der Waals surface area contributed by atoms with Gasteiger partial charge in [-0.3, -0.25) is 4.79 Å². The van der Waals surface area contributed by atoms with Gasteiger partial charge in [-0.1, -0.05) is 20.8 Å². The molecule has 0 aliphatic heterocycles. The lowest BCUT2D eigenvalue weighted by atomic mass is 9.75. The highest BCUT2D eigenvalue weighted by atomic mass is 35.5. The van der Waals surface area contributed by atoms with Crippen LogP contribution in [-0.4, -0.2) is 18.0 Å². The summed E-state index contributed by atoms with van der Waals surface area (Å²) < 4.78 is 0. The van der Waals surface area contributed by atoms with E-state index in [9.17, 15) is 4.79 Å². The van der Waals surface area contributed by atoms with Crippen LogP contribution < -0.4 is 11.1 Å². The summed E-state index contributed by atoms with van der Waals surface area (Å²) in [6.45, 7) is 8.38. The summed E-state index contributed by atoms with van der Waals surface area (Å²) in [6.07, 6.45) is 4.60. The molecule has 102 valence electrons. The molecule has 2 unspecified atom stereocenters. The van der Waals surface area contributed by atoms with Gasteiger partial charge in [0.25, 0.3) is 0 Å². The quantitative estimate of drug-likeness (QED) is 0.821. The van der Waals surface area contributed by atoms with Gasteiger partial charge in [-0.25, -0.2) is 0 Å². The SMILES string of the molecule is CC(N)C(C)C(=O)NC1CCC(C)(C)CC1.Cl. The van der Waals surface area contributed by atoms with Crippen molar-refractivity contribution in [2.24, 2.45) is 17.1 Å². The Morgan fingerprint density at radius 2 is 1.76 bits per heavy atom. The van der Waals surface area contributed by atoms with Crippen LogP contribution in [0.25, 0.3) is 0 Å². The highest BCUT2D eigenvalue weighted by molar-refractivity contribution is 5.85. The lowest BCUT2D eigenvalue weighted by Crippen LogP contribution is -2.45. The predicted molar refractivity (Wildman–Crippen MR) is 74.2 cm³/mol. The minimum atomic E-state index is -0.0880. The van der Waals surface area contributed by atoms with E-state index in [0.717, 1.165) is 12.8 Å². The topological polar surface area (TPSA) is 55.1 Å². The van der Waals surface area contributed by atoms with Crippen molar-refractivity contribution in [3.8, 4) is 0 Å². The highest BCUT2D eigenvalue weighted by Crippen LogP contribution is 2.35. The molecular formula is C13H27ClN2O. The summed E-state index contributed by atoms with van der Waals surface area (Å²) in [4.78, 5) is 11.8. The second-order valence-electron chi connectivity index (χ2n) is 6.09. The molecule has 0 saturated heterocycles. The first-order chi connectivity index (χ1) is 7.32. The van der Waals surface area contributed by atoms with E-state index in [2.05, 4.69) is 19.2 Å². The number of hydrogen-bond acceptors (Lipinski definition) is 2. The fourth-order valence-corrected chi connectivity index (χ4v) is 2.12. The smallest absolute Gasteiger partial charge is 0.224 e. The summed E-state index contributed by atoms with van der Waals surface area (Å²) in [5, 5.41) is 3.12. The molecule has 1 aliphatic carbocycles. The number of rotatable bonds is 3. The van der Waals surface area contributed by atoms with Crippen LogP contribution in [0.3, 0.4) is 0 Å². The van der Waals surface area contributed by atoms with E-state index in [-0.39, 0.29) is 30.3 Å². The second kappa shape index (κ2) is 6.60. The maximum atomic E-state index is 11.8. The number of carbonyl (C=O) groups is 1. The lowest BCUT2D eigenvalue weighted by Gasteiger charge is -2.35. The first-order valence-electron chi connectivity index (χ1n) is 6.38. The Morgan fingerprint density at radius 1 is 1.29 bits per heavy atom. The number of halogens is 1. The maximum Gasteiger partial charge on any atom is 0.224 e. The third-order valence-corrected chi connectivity index (χ3v) is 3.89. The van der Waals surface area contributed by atoms with Crippen LogP contribution in [-0.2, 0) is 4.79 Å². The van der Waals surface area contributed by atoms with Gasteiger partial charge in [0.1, 0.15) is 0 Å². The third-order valence-electron chi connectivity index (χ3n) is 3.89. The first-order valence-corrected chi connectivity index (χ1v) is 6.38. The highest BCUT2D eigenvalue weighted by Gasteiger charge is 2.28. The van der Waals surface area contributed by atoms with E-state index in [1.54, 1.807) is 0 Å². The van der Waals surface area contributed by atoms with Crippen LogP contribution in [0.15, 0.2) is 0 Å². The first kappa shape index (κ1) is 16.7. The summed E-state index contributed by atoms with van der Waals surface area (Å²) >= 11 is 0. The second-order valence-corrected chi connectivity index (χ2v) is 6.09. The van der Waals surface area contributed by atoms with E-state index in [4.69, 9.17) is 5.73 Å². The monoisotopic (exact) mass is 262 g/mol.